The molecule has 334 valence electrons. The molecule has 0 atom stereocenters. The minimum absolute atomic E-state index is 0.852. The third-order valence-corrected chi connectivity index (χ3v) is 14.8. The molecule has 4 nitrogen and oxygen atoms in total. The predicted molar refractivity (Wildman–Crippen MR) is 302 cm³/mol. The van der Waals surface area contributed by atoms with Crippen molar-refractivity contribution in [1.29, 1.82) is 0 Å². The third-order valence-electron chi connectivity index (χ3n) is 14.8. The van der Waals surface area contributed by atoms with Crippen LogP contribution in [0.2, 0.25) is 0 Å². The second-order valence-corrected chi connectivity index (χ2v) is 19.0. The summed E-state index contributed by atoms with van der Waals surface area (Å²) in [6.45, 7) is 0. The largest absolute Gasteiger partial charge is 0.309 e. The summed E-state index contributed by atoms with van der Waals surface area (Å²) in [5, 5.41) is 12.2. The number of fused-ring (bicyclic) bond motifs is 11. The molecule has 0 saturated carbocycles. The molecule has 12 aromatic carbocycles. The van der Waals surface area contributed by atoms with Gasteiger partial charge in [0, 0.05) is 44.0 Å². The lowest BCUT2D eigenvalue weighted by molar-refractivity contribution is 1.17. The van der Waals surface area contributed by atoms with Crippen LogP contribution < -0.4 is 0 Å². The topological polar surface area (TPSA) is 35.6 Å². The van der Waals surface area contributed by atoms with Gasteiger partial charge in [-0.05, 0) is 146 Å². The number of benzene rings is 12. The minimum Gasteiger partial charge on any atom is -0.309 e. The van der Waals surface area contributed by atoms with Gasteiger partial charge in [-0.15, -0.1) is 0 Å². The molecular formula is C68H42N4. The van der Waals surface area contributed by atoms with Crippen LogP contribution in [-0.2, 0) is 0 Å². The van der Waals surface area contributed by atoms with Crippen molar-refractivity contribution < 1.29 is 0 Å². The van der Waals surface area contributed by atoms with Crippen molar-refractivity contribution >= 4 is 87.0 Å². The second-order valence-electron chi connectivity index (χ2n) is 19.0. The fourth-order valence-corrected chi connectivity index (χ4v) is 11.4. The highest BCUT2D eigenvalue weighted by Crippen LogP contribution is 2.42. The molecule has 0 radical (unpaired) electrons. The van der Waals surface area contributed by atoms with Gasteiger partial charge >= 0.3 is 0 Å². The molecule has 15 rings (SSSR count). The Balaban J connectivity index is 0.896. The van der Waals surface area contributed by atoms with Crippen LogP contribution in [0.5, 0.6) is 0 Å². The number of nitrogens with zero attached hydrogens (tertiary/aromatic N) is 4. The van der Waals surface area contributed by atoms with Crippen LogP contribution in [0.3, 0.4) is 0 Å². The quantitative estimate of drug-likeness (QED) is 0.167. The number of para-hydroxylation sites is 3. The molecule has 0 N–H and O–H groups in total. The molecule has 0 aliphatic heterocycles. The molecule has 0 fully saturated rings. The first kappa shape index (κ1) is 40.3. The minimum atomic E-state index is 0.852. The summed E-state index contributed by atoms with van der Waals surface area (Å²) in [6.07, 6.45) is 0. The van der Waals surface area contributed by atoms with Gasteiger partial charge in [-0.2, -0.15) is 0 Å². The lowest BCUT2D eigenvalue weighted by Crippen LogP contribution is -1.97. The van der Waals surface area contributed by atoms with Crippen molar-refractivity contribution in [1.82, 2.24) is 19.1 Å². The summed E-state index contributed by atoms with van der Waals surface area (Å²) in [5.41, 5.74) is 17.0. The maximum Gasteiger partial charge on any atom is 0.0973 e. The van der Waals surface area contributed by atoms with Crippen molar-refractivity contribution in [3.63, 3.8) is 0 Å². The molecule has 0 bridgehead atoms. The summed E-state index contributed by atoms with van der Waals surface area (Å²) in [7, 11) is 0. The Morgan fingerprint density at radius 1 is 0.236 bits per heavy atom. The number of aromatic nitrogens is 4. The van der Waals surface area contributed by atoms with Crippen LogP contribution in [0.25, 0.3) is 143 Å². The first-order chi connectivity index (χ1) is 35.7. The fourth-order valence-electron chi connectivity index (χ4n) is 11.4. The Kier molecular flexibility index (Phi) is 8.92. The zero-order valence-electron chi connectivity index (χ0n) is 39.0. The summed E-state index contributed by atoms with van der Waals surface area (Å²) in [4.78, 5) is 10.8. The van der Waals surface area contributed by atoms with Crippen molar-refractivity contribution in [2.45, 2.75) is 0 Å². The summed E-state index contributed by atoms with van der Waals surface area (Å²) < 4.78 is 4.90. The van der Waals surface area contributed by atoms with Crippen LogP contribution in [0.15, 0.2) is 255 Å². The SMILES string of the molecule is c1ccc(-c2cc(-c3ccccc3)cc(-c3nc4ccccc4nc3-c3ccc4cc(-n5c6ccc(-n7c8ccccc8c8c9ccccc9ccc87)cc6c6cc7ccccc7cc65)ccc4c3)c2)cc1. The van der Waals surface area contributed by atoms with E-state index in [1.54, 1.807) is 0 Å². The lowest BCUT2D eigenvalue weighted by atomic mass is 9.93. The molecule has 0 aliphatic carbocycles. The smallest absolute Gasteiger partial charge is 0.0973 e. The molecule has 3 aromatic heterocycles. The lowest BCUT2D eigenvalue weighted by Gasteiger charge is -2.15. The average molecular weight is 915 g/mol. The molecule has 0 amide bonds. The van der Waals surface area contributed by atoms with Crippen LogP contribution in [-0.4, -0.2) is 19.1 Å². The van der Waals surface area contributed by atoms with Crippen molar-refractivity contribution in [3.05, 3.63) is 255 Å². The van der Waals surface area contributed by atoms with E-state index in [0.29, 0.717) is 0 Å². The molecule has 0 unspecified atom stereocenters. The van der Waals surface area contributed by atoms with Crippen LogP contribution in [0.1, 0.15) is 0 Å². The van der Waals surface area contributed by atoms with Gasteiger partial charge in [0.25, 0.3) is 0 Å². The maximum absolute atomic E-state index is 5.40. The van der Waals surface area contributed by atoms with Gasteiger partial charge < -0.3 is 9.13 Å². The number of hydrogen-bond acceptors (Lipinski definition) is 2. The summed E-state index contributed by atoms with van der Waals surface area (Å²) in [6, 6.07) is 92.4. The van der Waals surface area contributed by atoms with E-state index in [2.05, 4.69) is 252 Å². The molecule has 0 aliphatic rings. The van der Waals surface area contributed by atoms with Gasteiger partial charge in [0.2, 0.25) is 0 Å². The van der Waals surface area contributed by atoms with E-state index in [0.717, 1.165) is 83.5 Å². The Morgan fingerprint density at radius 3 is 1.47 bits per heavy atom. The average Bonchev–Trinajstić information content (AvgIpc) is 3.96. The Labute approximate surface area is 415 Å². The van der Waals surface area contributed by atoms with E-state index in [1.807, 2.05) is 12.1 Å². The van der Waals surface area contributed by atoms with E-state index in [1.165, 1.54) is 59.6 Å². The van der Waals surface area contributed by atoms with Crippen LogP contribution >= 0.6 is 0 Å². The van der Waals surface area contributed by atoms with Gasteiger partial charge in [-0.1, -0.05) is 164 Å². The van der Waals surface area contributed by atoms with Gasteiger partial charge in [0.05, 0.1) is 44.5 Å². The Morgan fingerprint density at radius 2 is 0.722 bits per heavy atom. The normalized spacial score (nSPS) is 11.9. The zero-order chi connectivity index (χ0) is 47.3. The van der Waals surface area contributed by atoms with Crippen LogP contribution in [0.4, 0.5) is 0 Å². The van der Waals surface area contributed by atoms with Gasteiger partial charge in [0.15, 0.2) is 0 Å². The van der Waals surface area contributed by atoms with E-state index < -0.39 is 0 Å². The molecule has 4 heteroatoms. The van der Waals surface area contributed by atoms with E-state index in [9.17, 15) is 0 Å². The van der Waals surface area contributed by atoms with E-state index >= 15 is 0 Å². The van der Waals surface area contributed by atoms with E-state index in [-0.39, 0.29) is 0 Å². The Bertz CT molecular complexity index is 4620. The van der Waals surface area contributed by atoms with Crippen molar-refractivity contribution in [2.75, 3.05) is 0 Å². The third kappa shape index (κ3) is 6.40. The molecule has 15 aromatic rings. The zero-order valence-corrected chi connectivity index (χ0v) is 39.0. The first-order valence-electron chi connectivity index (χ1n) is 24.6. The highest BCUT2D eigenvalue weighted by molar-refractivity contribution is 6.22. The maximum atomic E-state index is 5.40. The van der Waals surface area contributed by atoms with Gasteiger partial charge in [-0.3, -0.25) is 0 Å². The molecule has 3 heterocycles. The number of hydrogen-bond donors (Lipinski definition) is 0. The predicted octanol–water partition coefficient (Wildman–Crippen LogP) is 18.0. The highest BCUT2D eigenvalue weighted by Gasteiger charge is 2.20. The highest BCUT2D eigenvalue weighted by atomic mass is 15.0. The summed E-state index contributed by atoms with van der Waals surface area (Å²) in [5.74, 6) is 0. The van der Waals surface area contributed by atoms with Crippen molar-refractivity contribution in [3.8, 4) is 56.1 Å². The second kappa shape index (κ2) is 16.0. The molecular weight excluding hydrogens is 873 g/mol. The fraction of sp³-hybridized carbons (Fsp3) is 0. The molecule has 72 heavy (non-hydrogen) atoms. The number of rotatable bonds is 6. The van der Waals surface area contributed by atoms with Crippen molar-refractivity contribution in [2.24, 2.45) is 0 Å². The standard InChI is InChI=1S/C68H42N4/c1-3-15-43(16-4-1)51-36-52(44-17-5-2-6-18-44)38-53(37-51)68-67(69-60-24-12-13-25-61(60)70-68)50-28-27-49-39-54(31-29-48(49)35-50)72-63-34-32-55(42-59(63)58-40-46-20-7-8-21-47(46)41-65(58)72)71-62-26-14-11-23-57(62)66-56-22-10-9-19-45(56)30-33-64(66)71/h1-42H. The Hall–Kier alpha value is -9.64. The van der Waals surface area contributed by atoms with E-state index in [4.69, 9.17) is 9.97 Å². The van der Waals surface area contributed by atoms with Crippen LogP contribution in [0, 0.1) is 0 Å². The van der Waals surface area contributed by atoms with Gasteiger partial charge in [-0.25, -0.2) is 9.97 Å². The summed E-state index contributed by atoms with van der Waals surface area (Å²) >= 11 is 0. The van der Waals surface area contributed by atoms with Gasteiger partial charge in [0.1, 0.15) is 0 Å². The molecule has 0 spiro atoms. The monoisotopic (exact) mass is 914 g/mol. The molecule has 0 saturated heterocycles. The first-order valence-corrected chi connectivity index (χ1v) is 24.6.